The molecule has 0 radical (unpaired) electrons. The molecule has 1 fully saturated rings. The van der Waals surface area contributed by atoms with Gasteiger partial charge in [0.25, 0.3) is 0 Å². The average Bonchev–Trinajstić information content (AvgIpc) is 2.37. The minimum Gasteiger partial charge on any atom is -0.426 e. The number of rotatable bonds is 3. The first-order valence-corrected chi connectivity index (χ1v) is 3.44. The van der Waals surface area contributed by atoms with Crippen molar-refractivity contribution in [3.05, 3.63) is 11.8 Å². The lowest BCUT2D eigenvalue weighted by Gasteiger charge is -1.93. The molecule has 0 bridgehead atoms. The van der Waals surface area contributed by atoms with Gasteiger partial charge in [0, 0.05) is 6.61 Å². The standard InChI is InChI=1S/C7H10O4/c1-2-9-4-3-6-5-10-7(8)11-6/h3H,2,4-5H2,1H3/b6-3+. The normalized spacial score (nSPS) is 20.1. The van der Waals surface area contributed by atoms with E-state index in [1.807, 2.05) is 6.92 Å². The van der Waals surface area contributed by atoms with Crippen LogP contribution in [0.3, 0.4) is 0 Å². The van der Waals surface area contributed by atoms with Gasteiger partial charge in [-0.05, 0) is 13.0 Å². The predicted molar refractivity (Wildman–Crippen MR) is 37.0 cm³/mol. The van der Waals surface area contributed by atoms with Gasteiger partial charge in [-0.1, -0.05) is 0 Å². The molecule has 0 N–H and O–H groups in total. The summed E-state index contributed by atoms with van der Waals surface area (Å²) in [5.41, 5.74) is 0. The van der Waals surface area contributed by atoms with Gasteiger partial charge in [-0.15, -0.1) is 0 Å². The maximum absolute atomic E-state index is 10.4. The summed E-state index contributed by atoms with van der Waals surface area (Å²) in [6, 6.07) is 0. The molecular formula is C7H10O4. The maximum Gasteiger partial charge on any atom is 0.514 e. The Bertz CT molecular complexity index is 173. The second-order valence-electron chi connectivity index (χ2n) is 1.97. The molecule has 4 heteroatoms. The van der Waals surface area contributed by atoms with Crippen LogP contribution in [0.4, 0.5) is 4.79 Å². The molecule has 0 aromatic rings. The predicted octanol–water partition coefficient (Wildman–Crippen LogP) is 1.07. The quantitative estimate of drug-likeness (QED) is 0.455. The summed E-state index contributed by atoms with van der Waals surface area (Å²) in [5, 5.41) is 0. The molecule has 11 heavy (non-hydrogen) atoms. The van der Waals surface area contributed by atoms with Crippen LogP contribution in [-0.4, -0.2) is 26.0 Å². The van der Waals surface area contributed by atoms with Crippen molar-refractivity contribution in [1.29, 1.82) is 0 Å². The maximum atomic E-state index is 10.4. The average molecular weight is 158 g/mol. The molecule has 1 heterocycles. The van der Waals surface area contributed by atoms with Crippen LogP contribution in [-0.2, 0) is 14.2 Å². The van der Waals surface area contributed by atoms with Crippen molar-refractivity contribution in [3.63, 3.8) is 0 Å². The van der Waals surface area contributed by atoms with E-state index in [4.69, 9.17) is 4.74 Å². The van der Waals surface area contributed by atoms with E-state index in [9.17, 15) is 4.79 Å². The molecule has 1 aliphatic heterocycles. The Morgan fingerprint density at radius 3 is 3.09 bits per heavy atom. The fourth-order valence-corrected chi connectivity index (χ4v) is 0.666. The van der Waals surface area contributed by atoms with Crippen LogP contribution in [0.5, 0.6) is 0 Å². The SMILES string of the molecule is CCOC/C=C1\COC(=O)O1. The number of hydrogen-bond acceptors (Lipinski definition) is 4. The molecule has 62 valence electrons. The third-order valence-electron chi connectivity index (χ3n) is 1.18. The molecule has 0 atom stereocenters. The zero-order valence-corrected chi connectivity index (χ0v) is 6.33. The molecule has 0 saturated carbocycles. The summed E-state index contributed by atoms with van der Waals surface area (Å²) < 4.78 is 14.1. The van der Waals surface area contributed by atoms with E-state index in [-0.39, 0.29) is 6.61 Å². The zero-order valence-electron chi connectivity index (χ0n) is 6.33. The van der Waals surface area contributed by atoms with E-state index in [2.05, 4.69) is 9.47 Å². The summed E-state index contributed by atoms with van der Waals surface area (Å²) >= 11 is 0. The number of hydrogen-bond donors (Lipinski definition) is 0. The summed E-state index contributed by atoms with van der Waals surface area (Å²) in [4.78, 5) is 10.4. The number of cyclic esters (lactones) is 2. The lowest BCUT2D eigenvalue weighted by Crippen LogP contribution is -1.92. The van der Waals surface area contributed by atoms with Crippen molar-refractivity contribution in [1.82, 2.24) is 0 Å². The van der Waals surface area contributed by atoms with Crippen molar-refractivity contribution in [2.75, 3.05) is 19.8 Å². The molecule has 4 nitrogen and oxygen atoms in total. The molecule has 0 amide bonds. The van der Waals surface area contributed by atoms with Crippen LogP contribution in [0.1, 0.15) is 6.92 Å². The van der Waals surface area contributed by atoms with Crippen LogP contribution in [0, 0.1) is 0 Å². The molecule has 0 unspecified atom stereocenters. The fraction of sp³-hybridized carbons (Fsp3) is 0.571. The van der Waals surface area contributed by atoms with Gasteiger partial charge < -0.3 is 14.2 Å². The molecule has 1 rings (SSSR count). The molecule has 0 aromatic carbocycles. The van der Waals surface area contributed by atoms with Gasteiger partial charge in [0.2, 0.25) is 0 Å². The second-order valence-corrected chi connectivity index (χ2v) is 1.97. The van der Waals surface area contributed by atoms with Gasteiger partial charge in [0.05, 0.1) is 6.61 Å². The smallest absolute Gasteiger partial charge is 0.426 e. The fourth-order valence-electron chi connectivity index (χ4n) is 0.666. The van der Waals surface area contributed by atoms with Crippen molar-refractivity contribution >= 4 is 6.16 Å². The Hall–Kier alpha value is -1.03. The summed E-state index contributed by atoms with van der Waals surface area (Å²) in [5.74, 6) is 0.531. The molecule has 0 aliphatic carbocycles. The number of carbonyl (C=O) groups is 1. The van der Waals surface area contributed by atoms with Crippen molar-refractivity contribution in [2.45, 2.75) is 6.92 Å². The van der Waals surface area contributed by atoms with E-state index >= 15 is 0 Å². The minimum atomic E-state index is -0.632. The monoisotopic (exact) mass is 158 g/mol. The van der Waals surface area contributed by atoms with Gasteiger partial charge in [-0.2, -0.15) is 0 Å². The highest BCUT2D eigenvalue weighted by molar-refractivity contribution is 5.64. The number of ether oxygens (including phenoxy) is 3. The summed E-state index contributed by atoms with van der Waals surface area (Å²) in [6.45, 7) is 3.24. The highest BCUT2D eigenvalue weighted by Crippen LogP contribution is 2.08. The van der Waals surface area contributed by atoms with Crippen LogP contribution in [0.15, 0.2) is 11.8 Å². The Labute approximate surface area is 64.7 Å². The minimum absolute atomic E-state index is 0.228. The van der Waals surface area contributed by atoms with Gasteiger partial charge in [-0.25, -0.2) is 4.79 Å². The Morgan fingerprint density at radius 1 is 1.73 bits per heavy atom. The molecule has 1 saturated heterocycles. The van der Waals surface area contributed by atoms with E-state index in [1.165, 1.54) is 0 Å². The van der Waals surface area contributed by atoms with Gasteiger partial charge in [0.1, 0.15) is 5.76 Å². The van der Waals surface area contributed by atoms with Gasteiger partial charge >= 0.3 is 6.16 Å². The van der Waals surface area contributed by atoms with E-state index in [0.717, 1.165) is 0 Å². The van der Waals surface area contributed by atoms with Crippen LogP contribution >= 0.6 is 0 Å². The van der Waals surface area contributed by atoms with E-state index < -0.39 is 6.16 Å². The summed E-state index contributed by atoms with van der Waals surface area (Å²) in [6.07, 6.45) is 1.06. The van der Waals surface area contributed by atoms with Crippen LogP contribution < -0.4 is 0 Å². The topological polar surface area (TPSA) is 44.8 Å². The first-order chi connectivity index (χ1) is 5.33. The highest BCUT2D eigenvalue weighted by atomic mass is 16.8. The zero-order chi connectivity index (χ0) is 8.10. The van der Waals surface area contributed by atoms with Crippen LogP contribution in [0.2, 0.25) is 0 Å². The lowest BCUT2D eigenvalue weighted by atomic mass is 10.5. The van der Waals surface area contributed by atoms with Gasteiger partial charge in [0.15, 0.2) is 6.61 Å². The second kappa shape index (κ2) is 3.98. The van der Waals surface area contributed by atoms with Crippen molar-refractivity contribution in [3.8, 4) is 0 Å². The van der Waals surface area contributed by atoms with E-state index in [0.29, 0.717) is 19.0 Å². The molecule has 0 aromatic heterocycles. The largest absolute Gasteiger partial charge is 0.514 e. The molecule has 1 aliphatic rings. The first kappa shape index (κ1) is 8.07. The van der Waals surface area contributed by atoms with Crippen molar-refractivity contribution in [2.24, 2.45) is 0 Å². The molecule has 0 spiro atoms. The summed E-state index contributed by atoms with van der Waals surface area (Å²) in [7, 11) is 0. The number of carbonyl (C=O) groups excluding carboxylic acids is 1. The Morgan fingerprint density at radius 2 is 2.55 bits per heavy atom. The van der Waals surface area contributed by atoms with Gasteiger partial charge in [-0.3, -0.25) is 0 Å². The third-order valence-corrected chi connectivity index (χ3v) is 1.18. The third kappa shape index (κ3) is 2.59. The lowest BCUT2D eigenvalue weighted by molar-refractivity contribution is 0.135. The Balaban J connectivity index is 2.25. The Kier molecular flexibility index (Phi) is 2.92. The molecular weight excluding hydrogens is 148 g/mol. The van der Waals surface area contributed by atoms with Crippen molar-refractivity contribution < 1.29 is 19.0 Å². The highest BCUT2D eigenvalue weighted by Gasteiger charge is 2.17. The van der Waals surface area contributed by atoms with Crippen LogP contribution in [0.25, 0.3) is 0 Å². The first-order valence-electron chi connectivity index (χ1n) is 3.44. The van der Waals surface area contributed by atoms with E-state index in [1.54, 1.807) is 6.08 Å².